The van der Waals surface area contributed by atoms with Crippen LogP contribution in [0.5, 0.6) is 0 Å². The summed E-state index contributed by atoms with van der Waals surface area (Å²) in [5.74, 6) is -2.16. The Labute approximate surface area is 161 Å². The Hall–Kier alpha value is -2.39. The van der Waals surface area contributed by atoms with Gasteiger partial charge in [-0.25, -0.2) is 14.8 Å². The number of dihydropyridines is 1. The van der Waals surface area contributed by atoms with Gasteiger partial charge in [-0.1, -0.05) is 12.1 Å². The molecule has 1 aliphatic heterocycles. The lowest BCUT2D eigenvalue weighted by Crippen LogP contribution is -2.99. The predicted molar refractivity (Wildman–Crippen MR) is 97.2 cm³/mol. The maximum absolute atomic E-state index is 12.7. The predicted octanol–water partition coefficient (Wildman–Crippen LogP) is 1.28. The molecular weight excluding hydrogens is 376 g/mol. The Morgan fingerprint density at radius 3 is 2.59 bits per heavy atom. The molecule has 9 heteroatoms. The van der Waals surface area contributed by atoms with Crippen LogP contribution in [-0.4, -0.2) is 36.7 Å². The van der Waals surface area contributed by atoms with Crippen LogP contribution in [0.25, 0.3) is 0 Å². The van der Waals surface area contributed by atoms with Crippen molar-refractivity contribution in [2.24, 2.45) is 0 Å². The van der Waals surface area contributed by atoms with Crippen LogP contribution in [0.15, 0.2) is 46.8 Å². The molecule has 2 atom stereocenters. The molecule has 8 nitrogen and oxygen atoms in total. The van der Waals surface area contributed by atoms with E-state index >= 15 is 0 Å². The molecule has 3 N–H and O–H groups in total. The largest absolute Gasteiger partial charge is 0.595 e. The summed E-state index contributed by atoms with van der Waals surface area (Å²) in [6.45, 7) is 3.46. The third-order valence-corrected chi connectivity index (χ3v) is 4.41. The van der Waals surface area contributed by atoms with Crippen molar-refractivity contribution in [1.29, 1.82) is 0 Å². The maximum Gasteiger partial charge on any atom is 0.336 e. The van der Waals surface area contributed by atoms with E-state index in [9.17, 15) is 20.0 Å². The van der Waals surface area contributed by atoms with Gasteiger partial charge in [-0.15, -0.1) is 11.6 Å². The minimum absolute atomic E-state index is 0.0188. The second-order valence-electron chi connectivity index (χ2n) is 5.77. The summed E-state index contributed by atoms with van der Waals surface area (Å²) in [4.78, 5) is 25.1. The quantitative estimate of drug-likeness (QED) is 0.377. The van der Waals surface area contributed by atoms with Gasteiger partial charge in [-0.3, -0.25) is 0 Å². The smallest absolute Gasteiger partial charge is 0.336 e. The van der Waals surface area contributed by atoms with Crippen molar-refractivity contribution in [3.8, 4) is 0 Å². The van der Waals surface area contributed by atoms with Gasteiger partial charge in [-0.05, 0) is 19.4 Å². The van der Waals surface area contributed by atoms with Crippen LogP contribution in [0.4, 0.5) is 5.69 Å². The number of rotatable bonds is 6. The normalized spacial score (nSPS) is 18.1. The van der Waals surface area contributed by atoms with E-state index in [1.165, 1.54) is 19.2 Å². The van der Waals surface area contributed by atoms with E-state index in [4.69, 9.17) is 21.1 Å². The molecular formula is C18H21ClN2O6. The number of methoxy groups -OCH3 is 1. The molecule has 0 aliphatic carbocycles. The number of carbonyl (C=O) groups excluding carboxylic acids is 2. The second kappa shape index (κ2) is 9.01. The first-order valence-electron chi connectivity index (χ1n) is 8.21. The van der Waals surface area contributed by atoms with Crippen LogP contribution in [0.2, 0.25) is 0 Å². The maximum atomic E-state index is 12.7. The van der Waals surface area contributed by atoms with Crippen molar-refractivity contribution < 1.29 is 29.5 Å². The zero-order valence-corrected chi connectivity index (χ0v) is 15.9. The van der Waals surface area contributed by atoms with Crippen molar-refractivity contribution in [3.63, 3.8) is 0 Å². The number of benzene rings is 1. The van der Waals surface area contributed by atoms with Gasteiger partial charge < -0.3 is 20.0 Å². The van der Waals surface area contributed by atoms with Crippen LogP contribution in [-0.2, 0) is 19.1 Å². The highest BCUT2D eigenvalue weighted by atomic mass is 35.5. The molecule has 0 fully saturated rings. The van der Waals surface area contributed by atoms with Gasteiger partial charge in [0.2, 0.25) is 0 Å². The molecule has 1 aromatic carbocycles. The van der Waals surface area contributed by atoms with Crippen molar-refractivity contribution in [1.82, 2.24) is 5.32 Å². The molecule has 0 bridgehead atoms. The zero-order chi connectivity index (χ0) is 20.1. The molecule has 0 aromatic heterocycles. The number of carbonyl (C=O) groups is 2. The van der Waals surface area contributed by atoms with Gasteiger partial charge >= 0.3 is 11.9 Å². The molecule has 1 aromatic rings. The van der Waals surface area contributed by atoms with Crippen LogP contribution in [0, 0.1) is 5.21 Å². The van der Waals surface area contributed by atoms with E-state index in [0.717, 1.165) is 0 Å². The Kier molecular flexibility index (Phi) is 6.98. The number of hydrogen-bond donors (Lipinski definition) is 3. The van der Waals surface area contributed by atoms with Crippen molar-refractivity contribution in [2.45, 2.75) is 19.8 Å². The number of hydrogen-bond acceptors (Lipinski definition) is 7. The van der Waals surface area contributed by atoms with E-state index in [1.54, 1.807) is 26.0 Å². The summed E-state index contributed by atoms with van der Waals surface area (Å²) in [5.41, 5.74) is 1.69. The van der Waals surface area contributed by atoms with Crippen molar-refractivity contribution in [2.75, 3.05) is 19.6 Å². The molecule has 146 valence electrons. The molecule has 0 saturated heterocycles. The van der Waals surface area contributed by atoms with Gasteiger partial charge in [0.1, 0.15) is 0 Å². The van der Waals surface area contributed by atoms with Crippen LogP contribution < -0.4 is 10.5 Å². The third kappa shape index (κ3) is 4.30. The summed E-state index contributed by atoms with van der Waals surface area (Å²) in [6, 6.07) is 6.04. The molecule has 1 unspecified atom stereocenters. The number of quaternary nitrogens is 1. The summed E-state index contributed by atoms with van der Waals surface area (Å²) in [5, 5.41) is 22.5. The lowest BCUT2D eigenvalue weighted by Gasteiger charge is -2.31. The fourth-order valence-electron chi connectivity index (χ4n) is 3.02. The summed E-state index contributed by atoms with van der Waals surface area (Å²) >= 11 is 6.02. The molecule has 0 saturated carbocycles. The first-order chi connectivity index (χ1) is 12.8. The monoisotopic (exact) mass is 396 g/mol. The average molecular weight is 397 g/mol. The van der Waals surface area contributed by atoms with E-state index in [-0.39, 0.29) is 29.3 Å². The Morgan fingerprint density at radius 1 is 1.33 bits per heavy atom. The molecule has 1 heterocycles. The van der Waals surface area contributed by atoms with Gasteiger partial charge in [-0.2, -0.15) is 5.23 Å². The second-order valence-corrected chi connectivity index (χ2v) is 6.03. The molecule has 0 spiro atoms. The van der Waals surface area contributed by atoms with Gasteiger partial charge in [0, 0.05) is 23.5 Å². The summed E-state index contributed by atoms with van der Waals surface area (Å²) in [7, 11) is 1.23. The highest BCUT2D eigenvalue weighted by molar-refractivity contribution is 6.20. The van der Waals surface area contributed by atoms with Gasteiger partial charge in [0.25, 0.3) is 0 Å². The summed E-state index contributed by atoms with van der Waals surface area (Å²) < 4.78 is 10.0. The Morgan fingerprint density at radius 2 is 2.04 bits per heavy atom. The topological polar surface area (TPSA) is 112 Å². The number of alkyl halides is 1. The third-order valence-electron chi connectivity index (χ3n) is 4.15. The van der Waals surface area contributed by atoms with E-state index in [2.05, 4.69) is 5.32 Å². The molecule has 2 rings (SSSR count). The fraction of sp³-hybridized carbons (Fsp3) is 0.333. The molecule has 0 radical (unpaired) electrons. The lowest BCUT2D eigenvalue weighted by atomic mass is 9.80. The summed E-state index contributed by atoms with van der Waals surface area (Å²) in [6.07, 6.45) is 0. The van der Waals surface area contributed by atoms with Gasteiger partial charge in [0.05, 0.1) is 36.7 Å². The van der Waals surface area contributed by atoms with Crippen molar-refractivity contribution >= 4 is 29.2 Å². The minimum atomic E-state index is -1.12. The SMILES string of the molecule is CCOC(=O)C1=C(CCl)NC(C)=C(C(=O)OC)[C@@H]1c1cccc([NH+]([O-])O)c1. The van der Waals surface area contributed by atoms with E-state index < -0.39 is 23.1 Å². The molecule has 27 heavy (non-hydrogen) atoms. The number of nitrogens with one attached hydrogen (secondary N) is 2. The first-order valence-corrected chi connectivity index (χ1v) is 8.74. The first kappa shape index (κ1) is 20.9. The van der Waals surface area contributed by atoms with Gasteiger partial charge in [0.15, 0.2) is 5.69 Å². The van der Waals surface area contributed by atoms with Crippen LogP contribution in [0.1, 0.15) is 25.3 Å². The number of esters is 2. The Balaban J connectivity index is 2.73. The van der Waals surface area contributed by atoms with E-state index in [0.29, 0.717) is 17.0 Å². The standard InChI is InChI=1S/C18H21ClN2O6/c1-4-27-18(23)16-13(9-19)20-10(2)14(17(22)26-3)15(16)11-6-5-7-12(8-11)21(24)25/h5-8,15,20-21,24H,4,9H2,1-3H3/t15-/m0/s1. The number of ether oxygens (including phenoxy) is 2. The number of halogens is 1. The number of allylic oxidation sites excluding steroid dienone is 2. The molecule has 0 amide bonds. The lowest BCUT2D eigenvalue weighted by molar-refractivity contribution is -0.991. The fourth-order valence-corrected chi connectivity index (χ4v) is 3.23. The van der Waals surface area contributed by atoms with E-state index in [1.807, 2.05) is 0 Å². The van der Waals surface area contributed by atoms with Crippen LogP contribution >= 0.6 is 11.6 Å². The zero-order valence-electron chi connectivity index (χ0n) is 15.2. The Bertz CT molecular complexity index is 803. The van der Waals surface area contributed by atoms with Crippen molar-refractivity contribution in [3.05, 3.63) is 57.6 Å². The highest BCUT2D eigenvalue weighted by Gasteiger charge is 2.38. The molecule has 1 aliphatic rings. The average Bonchev–Trinajstić information content (AvgIpc) is 2.66. The minimum Gasteiger partial charge on any atom is -0.595 e. The highest BCUT2D eigenvalue weighted by Crippen LogP contribution is 2.39. The van der Waals surface area contributed by atoms with Crippen LogP contribution in [0.3, 0.4) is 0 Å².